The van der Waals surface area contributed by atoms with Crippen molar-refractivity contribution in [2.75, 3.05) is 92.4 Å². The summed E-state index contributed by atoms with van der Waals surface area (Å²) >= 11 is 0. The highest BCUT2D eigenvalue weighted by Crippen LogP contribution is 2.54. The van der Waals surface area contributed by atoms with Gasteiger partial charge >= 0.3 is 0 Å². The minimum atomic E-state index is -1.13. The molecule has 1 aromatic carbocycles. The maximum absolute atomic E-state index is 14.6. The summed E-state index contributed by atoms with van der Waals surface area (Å²) in [5.41, 5.74) is 2.77. The fourth-order valence-electron chi connectivity index (χ4n) is 16.2. The molecular weight excluding hydrogens is 1260 g/mol. The molecule has 12 bridgehead atoms. The Morgan fingerprint density at radius 2 is 1.40 bits per heavy atom. The number of ether oxygens (including phenoxy) is 11. The molecule has 1 aromatic rings. The van der Waals surface area contributed by atoms with Crippen molar-refractivity contribution in [1.82, 2.24) is 36.0 Å². The van der Waals surface area contributed by atoms with Crippen LogP contribution in [0.2, 0.25) is 0 Å². The standard InChI is InChI=1S/C70H97N7O20/c1-40-28-46-10-12-51-41(2)29-48(90-51)16-18-70-35-56-65(96-70)66-67(95-56)68(97-70)64-52(94-66)13-11-47(92-64)31-44(78)32-49-54(34-53(91-46)42(40)3)93-55(63(49)87-4)33-45(79)36-71-57(80)37-73-69(86)50(30-43-8-6-5-7-9-43)74-58(81)38-72-59(82)39-75-19-21-76(22-20-75)60(83)17-24-88-26-27-89-25-23-77-61(84)14-15-62(77)85/h5-9,14-15,40,45-56,63-68,79H,2-3,10-13,16-39H2,1,4H3,(H,71,80)(H,72,82)(H,73,86)(H,74,81)/t40-,45+,46+,47-,48+,49+,50+,51+,52+,53-,54+,55-,56-,63-,64+,65+,66?,67?,68+,70+/m1/s1. The van der Waals surface area contributed by atoms with E-state index in [4.69, 9.17) is 52.1 Å². The molecule has 5 N–H and O–H groups in total. The van der Waals surface area contributed by atoms with Gasteiger partial charge in [0, 0.05) is 103 Å². The number of ketones is 1. The maximum atomic E-state index is 14.6. The predicted molar refractivity (Wildman–Crippen MR) is 343 cm³/mol. The number of methoxy groups -OCH3 is 1. The van der Waals surface area contributed by atoms with E-state index in [1.54, 1.807) is 36.3 Å². The Bertz CT molecular complexity index is 3040. The van der Waals surface area contributed by atoms with Gasteiger partial charge in [-0.1, -0.05) is 50.4 Å². The predicted octanol–water partition coefficient (Wildman–Crippen LogP) is 1.05. The van der Waals surface area contributed by atoms with Gasteiger partial charge in [-0.05, 0) is 67.6 Å². The summed E-state index contributed by atoms with van der Waals surface area (Å²) in [5, 5.41) is 22.3. The van der Waals surface area contributed by atoms with Crippen molar-refractivity contribution >= 4 is 47.1 Å². The fraction of sp³-hybridized carbons (Fsp3) is 0.714. The lowest BCUT2D eigenvalue weighted by atomic mass is 9.81. The first-order valence-corrected chi connectivity index (χ1v) is 35.1. The average molecular weight is 1360 g/mol. The molecule has 20 atom stereocenters. The van der Waals surface area contributed by atoms with Crippen molar-refractivity contribution in [3.8, 4) is 0 Å². The average Bonchev–Trinajstić information content (AvgIpc) is 1.60. The molecule has 0 saturated carbocycles. The highest BCUT2D eigenvalue weighted by atomic mass is 16.8. The van der Waals surface area contributed by atoms with Crippen LogP contribution >= 0.6 is 0 Å². The van der Waals surface area contributed by atoms with Gasteiger partial charge < -0.3 is 83.4 Å². The zero-order valence-electron chi connectivity index (χ0n) is 55.8. The highest BCUT2D eigenvalue weighted by molar-refractivity contribution is 6.12. The molecule has 1 spiro atoms. The summed E-state index contributed by atoms with van der Waals surface area (Å²) < 4.78 is 71.8. The number of piperazine rings is 1. The van der Waals surface area contributed by atoms with Crippen LogP contribution in [0.1, 0.15) is 102 Å². The summed E-state index contributed by atoms with van der Waals surface area (Å²) in [5.74, 6) is -4.28. The van der Waals surface area contributed by atoms with Crippen LogP contribution in [0, 0.1) is 11.8 Å². The van der Waals surface area contributed by atoms with Gasteiger partial charge in [0.25, 0.3) is 11.8 Å². The molecule has 27 heteroatoms. The van der Waals surface area contributed by atoms with Gasteiger partial charge in [-0.3, -0.25) is 48.2 Å². The van der Waals surface area contributed by atoms with Gasteiger partial charge in [-0.25, -0.2) is 0 Å². The molecule has 12 heterocycles. The number of Topliss-reactive ketones (excluding diaryl/α,β-unsaturated/α-hetero) is 1. The van der Waals surface area contributed by atoms with Crippen LogP contribution in [-0.4, -0.2) is 269 Å². The number of hydrogen-bond donors (Lipinski definition) is 5. The first kappa shape index (κ1) is 70.9. The highest BCUT2D eigenvalue weighted by Gasteiger charge is 2.69. The number of aliphatic hydroxyl groups excluding tert-OH is 1. The Hall–Kier alpha value is -5.92. The third kappa shape index (κ3) is 17.5. The Morgan fingerprint density at radius 3 is 2.19 bits per heavy atom. The smallest absolute Gasteiger partial charge is 0.253 e. The second kappa shape index (κ2) is 32.2. The summed E-state index contributed by atoms with van der Waals surface area (Å²) in [6, 6.07) is 7.89. The molecular formula is C70H97N7O20. The number of fused-ring (bicyclic) bond motifs is 6. The minimum Gasteiger partial charge on any atom is -0.391 e. The van der Waals surface area contributed by atoms with E-state index in [-0.39, 0.29) is 163 Å². The molecule has 12 aliphatic heterocycles. The van der Waals surface area contributed by atoms with E-state index in [0.29, 0.717) is 58.3 Å². The summed E-state index contributed by atoms with van der Waals surface area (Å²) in [7, 11) is 1.58. The molecule has 532 valence electrons. The molecule has 7 amide bonds. The molecule has 27 nitrogen and oxygen atoms in total. The number of aliphatic hydroxyl groups is 1. The van der Waals surface area contributed by atoms with Gasteiger partial charge in [-0.15, -0.1) is 0 Å². The van der Waals surface area contributed by atoms with Crippen LogP contribution in [0.25, 0.3) is 0 Å². The van der Waals surface area contributed by atoms with Crippen molar-refractivity contribution < 1.29 is 95.6 Å². The van der Waals surface area contributed by atoms with Gasteiger partial charge in [0.2, 0.25) is 29.5 Å². The van der Waals surface area contributed by atoms with E-state index in [1.165, 1.54) is 12.2 Å². The molecule has 97 heavy (non-hydrogen) atoms. The number of nitrogens with zero attached hydrogens (tertiary/aromatic N) is 3. The lowest BCUT2D eigenvalue weighted by Gasteiger charge is -2.47. The van der Waals surface area contributed by atoms with Crippen LogP contribution < -0.4 is 21.3 Å². The molecule has 12 aliphatic rings. The Balaban J connectivity index is 0.603. The number of carbonyl (C=O) groups excluding carboxylic acids is 8. The number of imide groups is 1. The van der Waals surface area contributed by atoms with Crippen molar-refractivity contribution in [2.24, 2.45) is 11.8 Å². The number of benzene rings is 1. The third-order valence-electron chi connectivity index (χ3n) is 21.3. The van der Waals surface area contributed by atoms with Crippen LogP contribution in [-0.2, 0) is 96.9 Å². The number of carbonyl (C=O) groups is 8. The first-order valence-electron chi connectivity index (χ1n) is 35.1. The van der Waals surface area contributed by atoms with Gasteiger partial charge in [0.15, 0.2) is 5.79 Å². The van der Waals surface area contributed by atoms with E-state index in [2.05, 4.69) is 41.3 Å². The number of hydrogen-bond acceptors (Lipinski definition) is 21. The largest absolute Gasteiger partial charge is 0.391 e. The van der Waals surface area contributed by atoms with E-state index in [9.17, 15) is 43.5 Å². The lowest BCUT2D eigenvalue weighted by Crippen LogP contribution is -2.61. The van der Waals surface area contributed by atoms with Gasteiger partial charge in [0.05, 0.1) is 126 Å². The molecule has 11 fully saturated rings. The van der Waals surface area contributed by atoms with Gasteiger partial charge in [0.1, 0.15) is 42.3 Å². The SMILES string of the molecule is C=C1C[C@@H]2CC[C@@]34C[C@H]5OC6C(O[C@H]7CC[C@H](CC(=O)C[C@@H]8[C@@H](OC)[C@@H](C[C@H](O)CNC(=O)CNC(=O)[C@H](Cc9ccccc9)NC(=O)CNC(=O)CN9CCN(C(=O)CCOCCOCCN%10C(=O)C=CC%10=O)CC9)O[C@H]8C[C@H]8O[C@@H](CC[C@@H]1O2)C[C@@H](C)C8=C)O[C@@H]7[C@@H]6O3)[C@H]5O4. The van der Waals surface area contributed by atoms with Gasteiger partial charge in [-0.2, -0.15) is 0 Å². The normalized spacial score (nSPS) is 35.5. The van der Waals surface area contributed by atoms with E-state index in [0.717, 1.165) is 53.7 Å². The van der Waals surface area contributed by atoms with Crippen molar-refractivity contribution in [1.29, 1.82) is 0 Å². The maximum Gasteiger partial charge on any atom is 0.253 e. The Kier molecular flexibility index (Phi) is 23.5. The zero-order chi connectivity index (χ0) is 67.9. The van der Waals surface area contributed by atoms with E-state index < -0.39 is 97.2 Å². The number of rotatable bonds is 24. The topological polar surface area (TPSA) is 316 Å². The summed E-state index contributed by atoms with van der Waals surface area (Å²) in [6.45, 7) is 12.7. The molecule has 0 aromatic heterocycles. The molecule has 0 radical (unpaired) electrons. The van der Waals surface area contributed by atoms with Crippen LogP contribution in [0.5, 0.6) is 0 Å². The molecule has 11 saturated heterocycles. The Morgan fingerprint density at radius 1 is 0.691 bits per heavy atom. The fourth-order valence-corrected chi connectivity index (χ4v) is 16.2. The first-order chi connectivity index (χ1) is 46.8. The van der Waals surface area contributed by atoms with Crippen molar-refractivity contribution in [3.05, 3.63) is 72.4 Å². The monoisotopic (exact) mass is 1360 g/mol. The summed E-state index contributed by atoms with van der Waals surface area (Å²) in [4.78, 5) is 109. The van der Waals surface area contributed by atoms with E-state index >= 15 is 0 Å². The van der Waals surface area contributed by atoms with E-state index in [1.807, 2.05) is 11.0 Å². The van der Waals surface area contributed by atoms with Crippen LogP contribution in [0.3, 0.4) is 0 Å². The number of nitrogens with one attached hydrogen (secondary N) is 4. The van der Waals surface area contributed by atoms with Crippen molar-refractivity contribution in [2.45, 2.75) is 213 Å². The minimum absolute atomic E-state index is 0.0132. The molecule has 2 unspecified atom stereocenters. The van der Waals surface area contributed by atoms with Crippen LogP contribution in [0.4, 0.5) is 0 Å². The summed E-state index contributed by atoms with van der Waals surface area (Å²) in [6.07, 6.45) is 3.73. The molecule has 13 rings (SSSR count). The zero-order valence-corrected chi connectivity index (χ0v) is 55.8. The number of amides is 7. The molecule has 0 aliphatic carbocycles. The third-order valence-corrected chi connectivity index (χ3v) is 21.3. The van der Waals surface area contributed by atoms with Crippen molar-refractivity contribution in [3.63, 3.8) is 0 Å². The Labute approximate surface area is 565 Å². The lowest BCUT2D eigenvalue weighted by molar-refractivity contribution is -0.292. The van der Waals surface area contributed by atoms with Crippen LogP contribution in [0.15, 0.2) is 66.8 Å². The second-order valence-electron chi connectivity index (χ2n) is 28.1. The second-order valence-corrected chi connectivity index (χ2v) is 28.1. The quantitative estimate of drug-likeness (QED) is 0.0549.